The fraction of sp³-hybridized carbons (Fsp3) is 0.583. The second-order valence-corrected chi connectivity index (χ2v) is 4.17. The molecular weight excluding hydrogens is 186 g/mol. The van der Waals surface area contributed by atoms with Crippen molar-refractivity contribution in [2.24, 2.45) is 11.8 Å². The van der Waals surface area contributed by atoms with Gasteiger partial charge in [0, 0.05) is 6.20 Å². The van der Waals surface area contributed by atoms with E-state index in [1.165, 1.54) is 12.0 Å². The number of nitrogens with two attached hydrogens (primary N) is 1. The Morgan fingerprint density at radius 2 is 2.27 bits per heavy atom. The maximum absolute atomic E-state index is 5.60. The van der Waals surface area contributed by atoms with E-state index in [0.29, 0.717) is 5.92 Å². The van der Waals surface area contributed by atoms with Crippen LogP contribution in [0.4, 0.5) is 0 Å². The molecule has 3 nitrogen and oxygen atoms in total. The summed E-state index contributed by atoms with van der Waals surface area (Å²) in [6, 6.07) is 4.25. The molecule has 0 aliphatic rings. The molecule has 0 radical (unpaired) electrons. The summed E-state index contributed by atoms with van der Waals surface area (Å²) in [6.45, 7) is 6.47. The third kappa shape index (κ3) is 3.29. The van der Waals surface area contributed by atoms with Gasteiger partial charge in [-0.05, 0) is 37.0 Å². The number of aromatic nitrogens is 1. The van der Waals surface area contributed by atoms with Gasteiger partial charge in [-0.25, -0.2) is 0 Å². The van der Waals surface area contributed by atoms with Gasteiger partial charge >= 0.3 is 0 Å². The molecule has 15 heavy (non-hydrogen) atoms. The van der Waals surface area contributed by atoms with Crippen molar-refractivity contribution in [3.63, 3.8) is 0 Å². The lowest BCUT2D eigenvalue weighted by Crippen LogP contribution is -2.33. The van der Waals surface area contributed by atoms with Gasteiger partial charge in [0.1, 0.15) is 0 Å². The number of hydrazine groups is 1. The van der Waals surface area contributed by atoms with Crippen molar-refractivity contribution in [1.29, 1.82) is 0 Å². The summed E-state index contributed by atoms with van der Waals surface area (Å²) in [7, 11) is 0. The molecule has 0 saturated heterocycles. The molecule has 3 N–H and O–H groups in total. The van der Waals surface area contributed by atoms with Crippen molar-refractivity contribution >= 4 is 0 Å². The van der Waals surface area contributed by atoms with Crippen LogP contribution in [0.5, 0.6) is 0 Å². The summed E-state index contributed by atoms with van der Waals surface area (Å²) in [5.41, 5.74) is 5.13. The monoisotopic (exact) mass is 207 g/mol. The molecule has 1 rings (SSSR count). The van der Waals surface area contributed by atoms with Crippen LogP contribution in [-0.4, -0.2) is 4.98 Å². The lowest BCUT2D eigenvalue weighted by molar-refractivity contribution is 0.361. The van der Waals surface area contributed by atoms with E-state index >= 15 is 0 Å². The molecule has 2 atom stereocenters. The number of pyridine rings is 1. The van der Waals surface area contributed by atoms with Crippen LogP contribution in [-0.2, 0) is 0 Å². The summed E-state index contributed by atoms with van der Waals surface area (Å²) in [6.07, 6.45) is 4.17. The number of nitrogens with zero attached hydrogens (tertiary/aromatic N) is 1. The Kier molecular flexibility index (Phi) is 4.72. The maximum atomic E-state index is 5.60. The highest BCUT2D eigenvalue weighted by molar-refractivity contribution is 5.17. The summed E-state index contributed by atoms with van der Waals surface area (Å²) in [5, 5.41) is 0. The number of hydrogen-bond acceptors (Lipinski definition) is 3. The average Bonchev–Trinajstić information content (AvgIpc) is 2.19. The Morgan fingerprint density at radius 3 is 2.80 bits per heavy atom. The Bertz CT molecular complexity index is 299. The van der Waals surface area contributed by atoms with Crippen molar-refractivity contribution in [2.75, 3.05) is 0 Å². The van der Waals surface area contributed by atoms with Crippen molar-refractivity contribution < 1.29 is 0 Å². The van der Waals surface area contributed by atoms with E-state index in [1.54, 1.807) is 0 Å². The largest absolute Gasteiger partial charge is 0.271 e. The summed E-state index contributed by atoms with van der Waals surface area (Å²) >= 11 is 0. The van der Waals surface area contributed by atoms with Crippen LogP contribution >= 0.6 is 0 Å². The predicted molar refractivity (Wildman–Crippen MR) is 63.1 cm³/mol. The van der Waals surface area contributed by atoms with Gasteiger partial charge in [0.2, 0.25) is 0 Å². The normalized spacial score (nSPS) is 14.9. The van der Waals surface area contributed by atoms with Crippen LogP contribution in [0.25, 0.3) is 0 Å². The van der Waals surface area contributed by atoms with Crippen LogP contribution in [0.2, 0.25) is 0 Å². The van der Waals surface area contributed by atoms with Gasteiger partial charge in [-0.1, -0.05) is 20.3 Å². The molecule has 3 heteroatoms. The number of rotatable bonds is 5. The van der Waals surface area contributed by atoms with Crippen LogP contribution < -0.4 is 11.3 Å². The van der Waals surface area contributed by atoms with E-state index in [1.807, 2.05) is 12.3 Å². The first-order valence-electron chi connectivity index (χ1n) is 5.57. The first kappa shape index (κ1) is 12.1. The van der Waals surface area contributed by atoms with E-state index < -0.39 is 0 Å². The summed E-state index contributed by atoms with van der Waals surface area (Å²) < 4.78 is 0. The van der Waals surface area contributed by atoms with Crippen molar-refractivity contribution in [2.45, 2.75) is 39.7 Å². The summed E-state index contributed by atoms with van der Waals surface area (Å²) in [5.74, 6) is 6.10. The SMILES string of the molecule is CCCC(C)C(NN)c1cc(C)ccn1. The van der Waals surface area contributed by atoms with Gasteiger partial charge < -0.3 is 0 Å². The highest BCUT2D eigenvalue weighted by Crippen LogP contribution is 2.23. The third-order valence-electron chi connectivity index (χ3n) is 2.75. The van der Waals surface area contributed by atoms with Gasteiger partial charge in [0.15, 0.2) is 0 Å². The Morgan fingerprint density at radius 1 is 1.53 bits per heavy atom. The quantitative estimate of drug-likeness (QED) is 0.575. The lowest BCUT2D eigenvalue weighted by atomic mass is 9.94. The Balaban J connectivity index is 2.82. The molecule has 1 heterocycles. The molecular formula is C12H21N3. The van der Waals surface area contributed by atoms with Crippen LogP contribution in [0, 0.1) is 12.8 Å². The zero-order valence-electron chi connectivity index (χ0n) is 9.83. The van der Waals surface area contributed by atoms with Gasteiger partial charge in [-0.2, -0.15) is 0 Å². The van der Waals surface area contributed by atoms with E-state index in [-0.39, 0.29) is 6.04 Å². The van der Waals surface area contributed by atoms with Crippen LogP contribution in [0.3, 0.4) is 0 Å². The van der Waals surface area contributed by atoms with Gasteiger partial charge in [0.05, 0.1) is 11.7 Å². The average molecular weight is 207 g/mol. The van der Waals surface area contributed by atoms with Crippen LogP contribution in [0.1, 0.15) is 44.0 Å². The third-order valence-corrected chi connectivity index (χ3v) is 2.75. The minimum Gasteiger partial charge on any atom is -0.271 e. The molecule has 0 bridgehead atoms. The Labute approximate surface area is 92.1 Å². The van der Waals surface area contributed by atoms with Crippen molar-refractivity contribution in [1.82, 2.24) is 10.4 Å². The van der Waals surface area contributed by atoms with Gasteiger partial charge in [-0.15, -0.1) is 0 Å². The lowest BCUT2D eigenvalue weighted by Gasteiger charge is -2.22. The minimum absolute atomic E-state index is 0.157. The number of aryl methyl sites for hydroxylation is 1. The van der Waals surface area contributed by atoms with E-state index in [9.17, 15) is 0 Å². The van der Waals surface area contributed by atoms with Gasteiger partial charge in [-0.3, -0.25) is 16.3 Å². The first-order valence-corrected chi connectivity index (χ1v) is 5.57. The zero-order chi connectivity index (χ0) is 11.3. The highest BCUT2D eigenvalue weighted by atomic mass is 15.2. The molecule has 2 unspecified atom stereocenters. The molecule has 1 aromatic rings. The fourth-order valence-corrected chi connectivity index (χ4v) is 1.89. The van der Waals surface area contributed by atoms with Crippen molar-refractivity contribution in [3.8, 4) is 0 Å². The van der Waals surface area contributed by atoms with Gasteiger partial charge in [0.25, 0.3) is 0 Å². The molecule has 0 aromatic carbocycles. The Hall–Kier alpha value is -0.930. The predicted octanol–water partition coefficient (Wildman–Crippen LogP) is 2.33. The molecule has 0 aliphatic carbocycles. The molecule has 0 fully saturated rings. The van der Waals surface area contributed by atoms with E-state index in [4.69, 9.17) is 5.84 Å². The zero-order valence-corrected chi connectivity index (χ0v) is 9.83. The maximum Gasteiger partial charge on any atom is 0.0657 e. The fourth-order valence-electron chi connectivity index (χ4n) is 1.89. The van der Waals surface area contributed by atoms with E-state index in [0.717, 1.165) is 12.1 Å². The summed E-state index contributed by atoms with van der Waals surface area (Å²) in [4.78, 5) is 4.37. The van der Waals surface area contributed by atoms with E-state index in [2.05, 4.69) is 37.2 Å². The molecule has 84 valence electrons. The molecule has 0 spiro atoms. The standard InChI is InChI=1S/C12H21N3/c1-4-5-10(3)12(15-13)11-8-9(2)6-7-14-11/h6-8,10,12,15H,4-5,13H2,1-3H3. The van der Waals surface area contributed by atoms with Crippen LogP contribution in [0.15, 0.2) is 18.3 Å². The minimum atomic E-state index is 0.157. The topological polar surface area (TPSA) is 50.9 Å². The van der Waals surface area contributed by atoms with Crippen molar-refractivity contribution in [3.05, 3.63) is 29.6 Å². The second-order valence-electron chi connectivity index (χ2n) is 4.17. The highest BCUT2D eigenvalue weighted by Gasteiger charge is 2.18. The molecule has 0 saturated carbocycles. The molecule has 1 aromatic heterocycles. The molecule has 0 aliphatic heterocycles. The second kappa shape index (κ2) is 5.83. The molecule has 0 amide bonds. The first-order chi connectivity index (χ1) is 7.19. The number of nitrogens with one attached hydrogen (secondary N) is 1. The smallest absolute Gasteiger partial charge is 0.0657 e. The number of hydrogen-bond donors (Lipinski definition) is 2.